The van der Waals surface area contributed by atoms with Crippen molar-refractivity contribution >= 4 is 11.6 Å². The lowest BCUT2D eigenvalue weighted by molar-refractivity contribution is 0.0940. The van der Waals surface area contributed by atoms with E-state index in [1.807, 2.05) is 30.3 Å². The number of carbonyl (C=O) groups is 1. The van der Waals surface area contributed by atoms with Gasteiger partial charge in [-0.25, -0.2) is 0 Å². The van der Waals surface area contributed by atoms with E-state index in [2.05, 4.69) is 33.4 Å². The van der Waals surface area contributed by atoms with Gasteiger partial charge in [0, 0.05) is 37.4 Å². The highest BCUT2D eigenvalue weighted by molar-refractivity contribution is 5.93. The summed E-state index contributed by atoms with van der Waals surface area (Å²) in [4.78, 5) is 19.3. The van der Waals surface area contributed by atoms with Gasteiger partial charge in [0.05, 0.1) is 25.5 Å². The third-order valence-corrected chi connectivity index (χ3v) is 6.56. The number of carbonyl (C=O) groups excluding carboxylic acids is 1. The maximum atomic E-state index is 12.8. The molecule has 1 amide bonds. The maximum absolute atomic E-state index is 12.8. The van der Waals surface area contributed by atoms with Crippen molar-refractivity contribution in [3.8, 4) is 11.5 Å². The molecule has 0 aliphatic carbocycles. The number of nitrogens with one attached hydrogen (secondary N) is 1. The summed E-state index contributed by atoms with van der Waals surface area (Å²) in [5, 5.41) is 3.19. The Hall–Kier alpha value is -3.54. The first-order valence-corrected chi connectivity index (χ1v) is 11.4. The molecule has 0 radical (unpaired) electrons. The van der Waals surface area contributed by atoms with Crippen molar-refractivity contribution in [2.24, 2.45) is 0 Å². The second-order valence-electron chi connectivity index (χ2n) is 8.45. The van der Waals surface area contributed by atoms with E-state index in [0.717, 1.165) is 49.5 Å². The van der Waals surface area contributed by atoms with Crippen LogP contribution in [-0.2, 0) is 5.41 Å². The van der Waals surface area contributed by atoms with Gasteiger partial charge in [0.15, 0.2) is 0 Å². The van der Waals surface area contributed by atoms with Crippen molar-refractivity contribution in [3.05, 3.63) is 84.2 Å². The molecule has 33 heavy (non-hydrogen) atoms. The molecule has 1 atom stereocenters. The van der Waals surface area contributed by atoms with Gasteiger partial charge in [0.2, 0.25) is 0 Å². The fourth-order valence-corrected chi connectivity index (χ4v) is 4.70. The molecular formula is C27H31N3O3. The number of nitrogens with zero attached hydrogens (tertiary/aromatic N) is 2. The van der Waals surface area contributed by atoms with Crippen molar-refractivity contribution < 1.29 is 14.3 Å². The van der Waals surface area contributed by atoms with Gasteiger partial charge in [-0.1, -0.05) is 24.3 Å². The zero-order valence-electron chi connectivity index (χ0n) is 19.3. The first-order chi connectivity index (χ1) is 16.1. The second kappa shape index (κ2) is 10.4. The minimum Gasteiger partial charge on any atom is -0.497 e. The summed E-state index contributed by atoms with van der Waals surface area (Å²) in [7, 11) is 3.40. The summed E-state index contributed by atoms with van der Waals surface area (Å²) >= 11 is 0. The van der Waals surface area contributed by atoms with Gasteiger partial charge >= 0.3 is 0 Å². The number of pyridine rings is 1. The second-order valence-corrected chi connectivity index (χ2v) is 8.45. The van der Waals surface area contributed by atoms with Gasteiger partial charge in [-0.3, -0.25) is 9.78 Å². The molecule has 2 aromatic carbocycles. The van der Waals surface area contributed by atoms with Crippen LogP contribution in [0.25, 0.3) is 0 Å². The van der Waals surface area contributed by atoms with Gasteiger partial charge in [-0.2, -0.15) is 0 Å². The smallest absolute Gasteiger partial charge is 0.252 e. The lowest BCUT2D eigenvalue weighted by atomic mass is 9.74. The molecule has 6 heteroatoms. The van der Waals surface area contributed by atoms with Gasteiger partial charge in [0.1, 0.15) is 11.5 Å². The summed E-state index contributed by atoms with van der Waals surface area (Å²) in [6, 6.07) is 20.0. The van der Waals surface area contributed by atoms with Crippen LogP contribution in [-0.4, -0.2) is 44.7 Å². The molecule has 3 aromatic rings. The molecule has 1 aromatic heterocycles. The normalized spacial score (nSPS) is 18.3. The van der Waals surface area contributed by atoms with Crippen LogP contribution in [0.5, 0.6) is 11.5 Å². The predicted octanol–water partition coefficient (Wildman–Crippen LogP) is 4.46. The average molecular weight is 446 g/mol. The zero-order valence-corrected chi connectivity index (χ0v) is 19.3. The van der Waals surface area contributed by atoms with Crippen LogP contribution in [0.15, 0.2) is 73.1 Å². The fraction of sp³-hybridized carbons (Fsp3) is 0.333. The number of rotatable bonds is 7. The SMILES string of the molecule is COc1cccc(C2(CNC(=O)c3cccnc3)CCCN(c3ccccc3OC)CC2)c1. The molecule has 0 saturated carbocycles. The Bertz CT molecular complexity index is 1070. The Morgan fingerprint density at radius 3 is 2.70 bits per heavy atom. The Morgan fingerprint density at radius 2 is 1.91 bits per heavy atom. The fourth-order valence-electron chi connectivity index (χ4n) is 4.70. The lowest BCUT2D eigenvalue weighted by Gasteiger charge is -2.34. The minimum atomic E-state index is -0.205. The molecule has 1 aliphatic heterocycles. The number of para-hydroxylation sites is 2. The number of anilines is 1. The Morgan fingerprint density at radius 1 is 1.03 bits per heavy atom. The highest BCUT2D eigenvalue weighted by Crippen LogP contribution is 2.39. The van der Waals surface area contributed by atoms with E-state index >= 15 is 0 Å². The molecule has 2 heterocycles. The minimum absolute atomic E-state index is 0.101. The monoisotopic (exact) mass is 445 g/mol. The van der Waals surface area contributed by atoms with Gasteiger partial charge in [-0.15, -0.1) is 0 Å². The maximum Gasteiger partial charge on any atom is 0.252 e. The topological polar surface area (TPSA) is 63.7 Å². The van der Waals surface area contributed by atoms with E-state index in [9.17, 15) is 4.79 Å². The van der Waals surface area contributed by atoms with Gasteiger partial charge in [0.25, 0.3) is 5.91 Å². The Balaban J connectivity index is 1.61. The molecule has 1 N–H and O–H groups in total. The predicted molar refractivity (Wildman–Crippen MR) is 130 cm³/mol. The van der Waals surface area contributed by atoms with Crippen LogP contribution >= 0.6 is 0 Å². The van der Waals surface area contributed by atoms with Crippen LogP contribution in [0.2, 0.25) is 0 Å². The van der Waals surface area contributed by atoms with Crippen LogP contribution < -0.4 is 19.7 Å². The largest absolute Gasteiger partial charge is 0.497 e. The quantitative estimate of drug-likeness (QED) is 0.582. The average Bonchev–Trinajstić information content (AvgIpc) is 3.11. The molecule has 0 bridgehead atoms. The van der Waals surface area contributed by atoms with Gasteiger partial charge < -0.3 is 19.7 Å². The van der Waals surface area contributed by atoms with Crippen LogP contribution in [0.3, 0.4) is 0 Å². The number of ether oxygens (including phenoxy) is 2. The van der Waals surface area contributed by atoms with Gasteiger partial charge in [-0.05, 0) is 61.2 Å². The third-order valence-electron chi connectivity index (χ3n) is 6.56. The number of benzene rings is 2. The molecular weight excluding hydrogens is 414 g/mol. The summed E-state index contributed by atoms with van der Waals surface area (Å²) in [6.45, 7) is 2.34. The van der Waals surface area contributed by atoms with E-state index in [0.29, 0.717) is 12.1 Å². The van der Waals surface area contributed by atoms with Crippen molar-refractivity contribution in [1.29, 1.82) is 0 Å². The van der Waals surface area contributed by atoms with Crippen LogP contribution in [0.4, 0.5) is 5.69 Å². The lowest BCUT2D eigenvalue weighted by Crippen LogP contribution is -2.41. The standard InChI is InChI=1S/C27H31N3O3/c1-32-23-10-5-9-22(18-23)27(20-29-26(31)21-8-6-15-28-19-21)13-7-16-30(17-14-27)24-11-3-4-12-25(24)33-2/h3-6,8-12,15,18-19H,7,13-14,16-17,20H2,1-2H3,(H,29,31). The summed E-state index contributed by atoms with van der Waals surface area (Å²) in [5.74, 6) is 1.61. The molecule has 6 nitrogen and oxygen atoms in total. The molecule has 4 rings (SSSR count). The summed E-state index contributed by atoms with van der Waals surface area (Å²) in [6.07, 6.45) is 6.12. The van der Waals surface area contributed by atoms with Crippen molar-refractivity contribution in [2.45, 2.75) is 24.7 Å². The Labute approximate surface area is 195 Å². The van der Waals surface area contributed by atoms with Crippen molar-refractivity contribution in [3.63, 3.8) is 0 Å². The van der Waals surface area contributed by atoms with E-state index in [4.69, 9.17) is 9.47 Å². The van der Waals surface area contributed by atoms with E-state index in [1.54, 1.807) is 38.7 Å². The van der Waals surface area contributed by atoms with Crippen molar-refractivity contribution in [2.75, 3.05) is 38.8 Å². The number of hydrogen-bond acceptors (Lipinski definition) is 5. The summed E-state index contributed by atoms with van der Waals surface area (Å²) < 4.78 is 11.1. The third kappa shape index (κ3) is 5.11. The number of aromatic nitrogens is 1. The molecule has 1 aliphatic rings. The van der Waals surface area contributed by atoms with Crippen molar-refractivity contribution in [1.82, 2.24) is 10.3 Å². The first-order valence-electron chi connectivity index (χ1n) is 11.4. The van der Waals surface area contributed by atoms with E-state index < -0.39 is 0 Å². The zero-order chi connectivity index (χ0) is 23.1. The Kier molecular flexibility index (Phi) is 7.13. The highest BCUT2D eigenvalue weighted by Gasteiger charge is 2.35. The molecule has 1 saturated heterocycles. The highest BCUT2D eigenvalue weighted by atomic mass is 16.5. The van der Waals surface area contributed by atoms with E-state index in [1.165, 1.54) is 5.56 Å². The number of hydrogen-bond donors (Lipinski definition) is 1. The molecule has 0 spiro atoms. The number of amides is 1. The first kappa shape index (κ1) is 22.6. The summed E-state index contributed by atoms with van der Waals surface area (Å²) in [5.41, 5.74) is 2.67. The van der Waals surface area contributed by atoms with Crippen LogP contribution in [0.1, 0.15) is 35.2 Å². The molecule has 172 valence electrons. The van der Waals surface area contributed by atoms with Crippen LogP contribution in [0, 0.1) is 0 Å². The molecule has 1 unspecified atom stereocenters. The van der Waals surface area contributed by atoms with E-state index in [-0.39, 0.29) is 11.3 Å². The molecule has 1 fully saturated rings. The number of methoxy groups -OCH3 is 2.